The van der Waals surface area contributed by atoms with E-state index in [0.29, 0.717) is 11.6 Å². The standard InChI is InChI=1S/C21H19BrN6O2/c1-11-3-8-15-12(2)23-20(25-16(15)9-11)28-21-26-17(10-18(29)27-21)19(30)24-14-6-4-13(22)5-7-14/h3-9,17H,10H2,1-2H3,(H,24,30)(H2,23,25,26,27,28,29). The van der Waals surface area contributed by atoms with Gasteiger partial charge in [0.2, 0.25) is 23.7 Å². The smallest absolute Gasteiger partial charge is 0.249 e. The Bertz CT molecular complexity index is 1180. The molecule has 30 heavy (non-hydrogen) atoms. The SMILES string of the molecule is Cc1ccc2c(C)nc(NC3=NC(C(=O)Nc4ccc(Br)cc4)CC(=O)N3)nc2c1. The van der Waals surface area contributed by atoms with Crippen molar-refractivity contribution < 1.29 is 9.59 Å². The number of carbonyl (C=O) groups is 2. The molecule has 0 fully saturated rings. The van der Waals surface area contributed by atoms with Gasteiger partial charge in [-0.1, -0.05) is 28.1 Å². The van der Waals surface area contributed by atoms with Crippen molar-refractivity contribution in [3.05, 3.63) is 58.2 Å². The molecule has 8 nitrogen and oxygen atoms in total. The van der Waals surface area contributed by atoms with Crippen LogP contribution in [0.25, 0.3) is 10.9 Å². The van der Waals surface area contributed by atoms with Gasteiger partial charge >= 0.3 is 0 Å². The number of aliphatic imine (C=N–C) groups is 1. The first-order valence-electron chi connectivity index (χ1n) is 9.33. The number of amides is 2. The Morgan fingerprint density at radius 3 is 2.67 bits per heavy atom. The first-order chi connectivity index (χ1) is 14.4. The van der Waals surface area contributed by atoms with Gasteiger partial charge in [0.25, 0.3) is 0 Å². The lowest BCUT2D eigenvalue weighted by Gasteiger charge is -2.21. The number of guanidine groups is 1. The Labute approximate surface area is 181 Å². The predicted octanol–water partition coefficient (Wildman–Crippen LogP) is 3.30. The minimum Gasteiger partial charge on any atom is -0.324 e. The van der Waals surface area contributed by atoms with Gasteiger partial charge in [0.1, 0.15) is 6.04 Å². The highest BCUT2D eigenvalue weighted by Crippen LogP contribution is 2.19. The molecular formula is C21H19BrN6O2. The summed E-state index contributed by atoms with van der Waals surface area (Å²) in [6, 6.07) is 12.3. The maximum atomic E-state index is 12.6. The molecule has 0 bridgehead atoms. The number of nitrogens with zero attached hydrogens (tertiary/aromatic N) is 3. The lowest BCUT2D eigenvalue weighted by molar-refractivity contribution is -0.124. The van der Waals surface area contributed by atoms with Crippen molar-refractivity contribution in [2.75, 3.05) is 10.6 Å². The zero-order chi connectivity index (χ0) is 21.3. The van der Waals surface area contributed by atoms with Gasteiger partial charge in [-0.25, -0.2) is 15.0 Å². The third-order valence-corrected chi connectivity index (χ3v) is 5.14. The molecule has 9 heteroatoms. The summed E-state index contributed by atoms with van der Waals surface area (Å²) in [5, 5.41) is 9.29. The van der Waals surface area contributed by atoms with Gasteiger partial charge in [-0.05, 0) is 49.7 Å². The monoisotopic (exact) mass is 466 g/mol. The summed E-state index contributed by atoms with van der Waals surface area (Å²) in [5.74, 6) is -0.221. The molecule has 2 amide bonds. The highest BCUT2D eigenvalue weighted by molar-refractivity contribution is 9.10. The molecule has 2 aromatic carbocycles. The van der Waals surface area contributed by atoms with Crippen LogP contribution in [0.5, 0.6) is 0 Å². The van der Waals surface area contributed by atoms with E-state index < -0.39 is 6.04 Å². The number of nitrogens with one attached hydrogen (secondary N) is 3. The van der Waals surface area contributed by atoms with Crippen LogP contribution in [0, 0.1) is 13.8 Å². The van der Waals surface area contributed by atoms with Crippen molar-refractivity contribution in [1.82, 2.24) is 15.3 Å². The summed E-state index contributed by atoms with van der Waals surface area (Å²) in [5.41, 5.74) is 3.30. The summed E-state index contributed by atoms with van der Waals surface area (Å²) in [6.07, 6.45) is -0.0374. The number of rotatable bonds is 3. The third-order valence-electron chi connectivity index (χ3n) is 4.61. The highest BCUT2D eigenvalue weighted by Gasteiger charge is 2.27. The van der Waals surface area contributed by atoms with Crippen LogP contribution in [0.2, 0.25) is 0 Å². The van der Waals surface area contributed by atoms with Crippen molar-refractivity contribution in [2.45, 2.75) is 26.3 Å². The van der Waals surface area contributed by atoms with Crippen LogP contribution in [0.4, 0.5) is 11.6 Å². The maximum absolute atomic E-state index is 12.6. The largest absolute Gasteiger partial charge is 0.324 e. The normalized spacial score (nSPS) is 16.0. The Balaban J connectivity index is 1.55. The van der Waals surface area contributed by atoms with Crippen LogP contribution in [0.15, 0.2) is 51.9 Å². The molecular weight excluding hydrogens is 448 g/mol. The molecule has 1 aliphatic heterocycles. The van der Waals surface area contributed by atoms with Gasteiger partial charge in [-0.2, -0.15) is 0 Å². The number of fused-ring (bicyclic) bond motifs is 1. The molecule has 0 aliphatic carbocycles. The van der Waals surface area contributed by atoms with E-state index in [1.807, 2.05) is 44.2 Å². The van der Waals surface area contributed by atoms with Crippen LogP contribution in [0.3, 0.4) is 0 Å². The minimum atomic E-state index is -0.853. The zero-order valence-electron chi connectivity index (χ0n) is 16.4. The van der Waals surface area contributed by atoms with Gasteiger partial charge in [0.15, 0.2) is 0 Å². The first-order valence-corrected chi connectivity index (χ1v) is 10.1. The van der Waals surface area contributed by atoms with Crippen LogP contribution in [-0.4, -0.2) is 33.8 Å². The number of hydrogen-bond donors (Lipinski definition) is 3. The molecule has 1 atom stereocenters. The van der Waals surface area contributed by atoms with Gasteiger partial charge in [0.05, 0.1) is 17.6 Å². The number of hydrogen-bond acceptors (Lipinski definition) is 6. The number of halogens is 1. The summed E-state index contributed by atoms with van der Waals surface area (Å²) in [7, 11) is 0. The first kappa shape index (κ1) is 20.0. The van der Waals surface area contributed by atoms with E-state index in [1.54, 1.807) is 12.1 Å². The van der Waals surface area contributed by atoms with Crippen molar-refractivity contribution in [1.29, 1.82) is 0 Å². The minimum absolute atomic E-state index is 0.0374. The van der Waals surface area contributed by atoms with E-state index in [1.165, 1.54) is 0 Å². The number of anilines is 2. The van der Waals surface area contributed by atoms with Crippen LogP contribution < -0.4 is 16.0 Å². The summed E-state index contributed by atoms with van der Waals surface area (Å²) >= 11 is 3.35. The maximum Gasteiger partial charge on any atom is 0.249 e. The molecule has 152 valence electrons. The molecule has 0 radical (unpaired) electrons. The average Bonchev–Trinajstić information content (AvgIpc) is 2.69. The molecule has 4 rings (SSSR count). The van der Waals surface area contributed by atoms with Crippen LogP contribution in [-0.2, 0) is 9.59 Å². The molecule has 3 aromatic rings. The second kappa shape index (κ2) is 8.19. The van der Waals surface area contributed by atoms with Crippen molar-refractivity contribution in [3.8, 4) is 0 Å². The molecule has 0 spiro atoms. The topological polar surface area (TPSA) is 108 Å². The van der Waals surface area contributed by atoms with E-state index in [0.717, 1.165) is 26.6 Å². The number of aryl methyl sites for hydroxylation is 2. The fourth-order valence-corrected chi connectivity index (χ4v) is 3.39. The second-order valence-corrected chi connectivity index (χ2v) is 7.94. The molecule has 0 saturated heterocycles. The van der Waals surface area contributed by atoms with Crippen LogP contribution in [0.1, 0.15) is 17.7 Å². The Morgan fingerprint density at radius 1 is 1.13 bits per heavy atom. The van der Waals surface area contributed by atoms with Crippen molar-refractivity contribution in [3.63, 3.8) is 0 Å². The Hall–Kier alpha value is -3.33. The second-order valence-electron chi connectivity index (χ2n) is 7.02. The van der Waals surface area contributed by atoms with E-state index in [9.17, 15) is 9.59 Å². The van der Waals surface area contributed by atoms with Crippen molar-refractivity contribution in [2.24, 2.45) is 4.99 Å². The van der Waals surface area contributed by atoms with E-state index >= 15 is 0 Å². The van der Waals surface area contributed by atoms with Crippen molar-refractivity contribution >= 4 is 56.2 Å². The van der Waals surface area contributed by atoms with Gasteiger partial charge in [-0.3, -0.25) is 20.2 Å². The quantitative estimate of drug-likeness (QED) is 0.548. The molecule has 1 aromatic heterocycles. The Morgan fingerprint density at radius 2 is 1.90 bits per heavy atom. The van der Waals surface area contributed by atoms with E-state index in [2.05, 4.69) is 46.8 Å². The molecule has 2 heterocycles. The number of benzene rings is 2. The average molecular weight is 467 g/mol. The number of carbonyl (C=O) groups excluding carboxylic acids is 2. The summed E-state index contributed by atoms with van der Waals surface area (Å²) < 4.78 is 0.905. The van der Waals surface area contributed by atoms with Gasteiger partial charge in [-0.15, -0.1) is 0 Å². The predicted molar refractivity (Wildman–Crippen MR) is 119 cm³/mol. The summed E-state index contributed by atoms with van der Waals surface area (Å²) in [6.45, 7) is 3.88. The molecule has 1 unspecified atom stereocenters. The molecule has 3 N–H and O–H groups in total. The Kier molecular flexibility index (Phi) is 5.45. The number of aromatic nitrogens is 2. The van der Waals surface area contributed by atoms with E-state index in [-0.39, 0.29) is 24.2 Å². The third kappa shape index (κ3) is 4.46. The fourth-order valence-electron chi connectivity index (χ4n) is 3.13. The summed E-state index contributed by atoms with van der Waals surface area (Å²) in [4.78, 5) is 38.0. The zero-order valence-corrected chi connectivity index (χ0v) is 17.9. The fraction of sp³-hybridized carbons (Fsp3) is 0.190. The highest BCUT2D eigenvalue weighted by atomic mass is 79.9. The molecule has 1 aliphatic rings. The van der Waals surface area contributed by atoms with E-state index in [4.69, 9.17) is 0 Å². The van der Waals surface area contributed by atoms with Crippen LogP contribution >= 0.6 is 15.9 Å². The lowest BCUT2D eigenvalue weighted by Crippen LogP contribution is -2.46. The van der Waals surface area contributed by atoms with Gasteiger partial charge < -0.3 is 5.32 Å². The molecule has 0 saturated carbocycles. The lowest BCUT2D eigenvalue weighted by atomic mass is 10.1. The van der Waals surface area contributed by atoms with Gasteiger partial charge in [0, 0.05) is 15.5 Å².